The zero-order chi connectivity index (χ0) is 19.7. The van der Waals surface area contributed by atoms with Crippen LogP contribution >= 0.6 is 23.2 Å². The molecule has 0 aliphatic carbocycles. The molecule has 1 N–H and O–H groups in total. The van der Waals surface area contributed by atoms with E-state index in [2.05, 4.69) is 4.99 Å². The quantitative estimate of drug-likeness (QED) is 0.433. The van der Waals surface area contributed by atoms with Crippen LogP contribution in [0.1, 0.15) is 5.56 Å². The number of hydrogen-bond acceptors (Lipinski definition) is 4. The Bertz CT molecular complexity index is 1200. The number of aliphatic imine (C=N–C) groups is 1. The van der Waals surface area contributed by atoms with Gasteiger partial charge < -0.3 is 9.84 Å². The van der Waals surface area contributed by atoms with Gasteiger partial charge in [-0.1, -0.05) is 29.3 Å². The van der Waals surface area contributed by atoms with Crippen molar-refractivity contribution < 1.29 is 9.84 Å². The lowest BCUT2D eigenvalue weighted by atomic mass is 10.1. The second kappa shape index (κ2) is 7.54. The van der Waals surface area contributed by atoms with Crippen molar-refractivity contribution in [1.82, 2.24) is 9.38 Å². The van der Waals surface area contributed by atoms with E-state index >= 15 is 0 Å². The first kappa shape index (κ1) is 18.3. The number of ether oxygens (including phenoxy) is 1. The van der Waals surface area contributed by atoms with Crippen molar-refractivity contribution in [3.63, 3.8) is 0 Å². The number of pyridine rings is 1. The largest absolute Gasteiger partial charge is 0.504 e. The van der Waals surface area contributed by atoms with Gasteiger partial charge in [0.1, 0.15) is 11.3 Å². The highest BCUT2D eigenvalue weighted by atomic mass is 35.5. The van der Waals surface area contributed by atoms with E-state index in [9.17, 15) is 5.11 Å². The Labute approximate surface area is 171 Å². The summed E-state index contributed by atoms with van der Waals surface area (Å²) in [7, 11) is 1.50. The van der Waals surface area contributed by atoms with Gasteiger partial charge in [0.25, 0.3) is 0 Å². The van der Waals surface area contributed by atoms with Crippen molar-refractivity contribution in [3.8, 4) is 22.8 Å². The van der Waals surface area contributed by atoms with Crippen LogP contribution in [0.3, 0.4) is 0 Å². The Hall–Kier alpha value is -3.02. The van der Waals surface area contributed by atoms with Crippen LogP contribution in [0, 0.1) is 0 Å². The molecule has 28 heavy (non-hydrogen) atoms. The molecule has 0 saturated carbocycles. The van der Waals surface area contributed by atoms with Gasteiger partial charge in [0.15, 0.2) is 17.3 Å². The maximum absolute atomic E-state index is 9.77. The van der Waals surface area contributed by atoms with Gasteiger partial charge >= 0.3 is 0 Å². The van der Waals surface area contributed by atoms with E-state index in [-0.39, 0.29) is 5.75 Å². The van der Waals surface area contributed by atoms with Gasteiger partial charge in [-0.25, -0.2) is 9.98 Å². The zero-order valence-corrected chi connectivity index (χ0v) is 16.3. The van der Waals surface area contributed by atoms with Crippen molar-refractivity contribution in [1.29, 1.82) is 0 Å². The lowest BCUT2D eigenvalue weighted by molar-refractivity contribution is 0.373. The molecule has 0 saturated heterocycles. The van der Waals surface area contributed by atoms with Crippen LogP contribution in [0.2, 0.25) is 10.0 Å². The van der Waals surface area contributed by atoms with Gasteiger partial charge in [-0.15, -0.1) is 0 Å². The summed E-state index contributed by atoms with van der Waals surface area (Å²) in [4.78, 5) is 9.35. The summed E-state index contributed by atoms with van der Waals surface area (Å²) < 4.78 is 7.04. The number of phenols is 1. The monoisotopic (exact) mass is 411 g/mol. The molecule has 4 aromatic rings. The topological polar surface area (TPSA) is 59.1 Å². The molecule has 0 spiro atoms. The average Bonchev–Trinajstić information content (AvgIpc) is 3.05. The molecular formula is C21H15Cl2N3O2. The van der Waals surface area contributed by atoms with E-state index in [1.807, 2.05) is 34.9 Å². The first-order valence-corrected chi connectivity index (χ1v) is 9.16. The summed E-state index contributed by atoms with van der Waals surface area (Å²) in [6.07, 6.45) is 3.57. The number of fused-ring (bicyclic) bond motifs is 1. The molecule has 140 valence electrons. The van der Waals surface area contributed by atoms with Crippen LogP contribution in [-0.4, -0.2) is 27.8 Å². The van der Waals surface area contributed by atoms with Crippen molar-refractivity contribution in [2.75, 3.05) is 7.11 Å². The summed E-state index contributed by atoms with van der Waals surface area (Å²) in [5, 5.41) is 10.8. The van der Waals surface area contributed by atoms with Crippen LogP contribution in [0.5, 0.6) is 11.5 Å². The van der Waals surface area contributed by atoms with Crippen molar-refractivity contribution in [3.05, 3.63) is 76.4 Å². The molecule has 4 rings (SSSR count). The number of hydrogen-bond donors (Lipinski definition) is 1. The zero-order valence-electron chi connectivity index (χ0n) is 14.8. The highest BCUT2D eigenvalue weighted by molar-refractivity contribution is 6.36. The fraction of sp³-hybridized carbons (Fsp3) is 0.0476. The number of rotatable bonds is 4. The molecular weight excluding hydrogens is 397 g/mol. The van der Waals surface area contributed by atoms with E-state index in [0.29, 0.717) is 27.3 Å². The lowest BCUT2D eigenvalue weighted by Gasteiger charge is -2.05. The summed E-state index contributed by atoms with van der Waals surface area (Å²) >= 11 is 12.4. The van der Waals surface area contributed by atoms with Gasteiger partial charge in [-0.05, 0) is 54.1 Å². The van der Waals surface area contributed by atoms with Gasteiger partial charge in [-0.3, -0.25) is 4.40 Å². The maximum atomic E-state index is 9.77. The average molecular weight is 412 g/mol. The number of imidazole rings is 1. The highest BCUT2D eigenvalue weighted by Gasteiger charge is 2.16. The number of aromatic hydroxyl groups is 1. The van der Waals surface area contributed by atoms with Crippen LogP contribution in [0.25, 0.3) is 16.9 Å². The molecule has 7 heteroatoms. The Kier molecular flexibility index (Phi) is 4.94. The lowest BCUT2D eigenvalue weighted by Crippen LogP contribution is -1.88. The maximum Gasteiger partial charge on any atom is 0.165 e. The minimum absolute atomic E-state index is 0.0723. The van der Waals surface area contributed by atoms with Crippen molar-refractivity contribution >= 4 is 40.9 Å². The third-order valence-electron chi connectivity index (χ3n) is 4.23. The van der Waals surface area contributed by atoms with Crippen LogP contribution in [-0.2, 0) is 0 Å². The van der Waals surface area contributed by atoms with Gasteiger partial charge in [0.05, 0.1) is 12.1 Å². The molecule has 0 unspecified atom stereocenters. The second-order valence-electron chi connectivity index (χ2n) is 6.03. The molecule has 2 aromatic carbocycles. The van der Waals surface area contributed by atoms with E-state index in [4.69, 9.17) is 32.9 Å². The van der Waals surface area contributed by atoms with Crippen molar-refractivity contribution in [2.24, 2.45) is 4.99 Å². The molecule has 0 bridgehead atoms. The van der Waals surface area contributed by atoms with E-state index in [0.717, 1.165) is 16.8 Å². The predicted molar refractivity (Wildman–Crippen MR) is 113 cm³/mol. The van der Waals surface area contributed by atoms with Gasteiger partial charge in [-0.2, -0.15) is 0 Å². The standard InChI is InChI=1S/C21H15Cl2N3O2/c1-28-18-10-13(5-8-17(18)27)12-24-21-20(15-7-6-14(22)11-16(15)23)25-19-4-2-3-9-26(19)21/h2-12,27H,1H3/b24-12+. The van der Waals surface area contributed by atoms with Gasteiger partial charge in [0, 0.05) is 23.0 Å². The summed E-state index contributed by atoms with van der Waals surface area (Å²) in [6, 6.07) is 16.0. The molecule has 0 amide bonds. The minimum Gasteiger partial charge on any atom is -0.504 e. The van der Waals surface area contributed by atoms with E-state index in [1.165, 1.54) is 7.11 Å². The van der Waals surface area contributed by atoms with E-state index in [1.54, 1.807) is 36.5 Å². The Morgan fingerprint density at radius 1 is 1.11 bits per heavy atom. The normalized spacial score (nSPS) is 11.4. The van der Waals surface area contributed by atoms with Crippen LogP contribution in [0.4, 0.5) is 5.82 Å². The summed E-state index contributed by atoms with van der Waals surface area (Å²) in [6.45, 7) is 0. The summed E-state index contributed by atoms with van der Waals surface area (Å²) in [5.41, 5.74) is 2.91. The third kappa shape index (κ3) is 3.42. The van der Waals surface area contributed by atoms with E-state index < -0.39 is 0 Å². The van der Waals surface area contributed by atoms with Crippen LogP contribution < -0.4 is 4.74 Å². The summed E-state index contributed by atoms with van der Waals surface area (Å²) in [5.74, 6) is 1.08. The number of benzene rings is 2. The smallest absolute Gasteiger partial charge is 0.165 e. The minimum atomic E-state index is 0.0723. The number of phenolic OH excluding ortho intramolecular Hbond substituents is 1. The second-order valence-corrected chi connectivity index (χ2v) is 6.87. The molecule has 0 radical (unpaired) electrons. The molecule has 0 aliphatic heterocycles. The third-order valence-corrected chi connectivity index (χ3v) is 4.78. The number of aromatic nitrogens is 2. The molecule has 2 heterocycles. The molecule has 0 aliphatic rings. The number of nitrogens with zero attached hydrogens (tertiary/aromatic N) is 3. The molecule has 2 aromatic heterocycles. The highest BCUT2D eigenvalue weighted by Crippen LogP contribution is 2.36. The SMILES string of the molecule is COc1cc(/C=N/c2c(-c3ccc(Cl)cc3Cl)nc3ccccn23)ccc1O. The molecule has 5 nitrogen and oxygen atoms in total. The number of halogens is 2. The van der Waals surface area contributed by atoms with Gasteiger partial charge in [0.2, 0.25) is 0 Å². The Balaban J connectivity index is 1.86. The Morgan fingerprint density at radius 3 is 2.75 bits per heavy atom. The first-order chi connectivity index (χ1) is 13.6. The first-order valence-electron chi connectivity index (χ1n) is 8.40. The van der Waals surface area contributed by atoms with Crippen LogP contribution in [0.15, 0.2) is 65.8 Å². The fourth-order valence-corrected chi connectivity index (χ4v) is 3.38. The number of methoxy groups -OCH3 is 1. The predicted octanol–water partition coefficient (Wildman–Crippen LogP) is 5.77. The Morgan fingerprint density at radius 2 is 1.96 bits per heavy atom. The fourth-order valence-electron chi connectivity index (χ4n) is 2.88. The molecule has 0 atom stereocenters. The molecule has 0 fully saturated rings. The van der Waals surface area contributed by atoms with Crippen molar-refractivity contribution in [2.45, 2.75) is 0 Å².